The van der Waals surface area contributed by atoms with E-state index in [9.17, 15) is 9.59 Å². The van der Waals surface area contributed by atoms with E-state index in [2.05, 4.69) is 11.4 Å². The Morgan fingerprint density at radius 1 is 0.935 bits per heavy atom. The average Bonchev–Trinajstić information content (AvgIpc) is 3.23. The molecule has 0 aliphatic carbocycles. The maximum absolute atomic E-state index is 12.9. The molecule has 4 rings (SSSR count). The van der Waals surface area contributed by atoms with E-state index >= 15 is 0 Å². The van der Waals surface area contributed by atoms with Crippen LogP contribution in [0.1, 0.15) is 21.5 Å². The quantitative estimate of drug-likeness (QED) is 0.657. The summed E-state index contributed by atoms with van der Waals surface area (Å²) in [6.45, 7) is 0.683. The number of nitrogens with one attached hydrogen (secondary N) is 1. The number of fused-ring (bicyclic) bond motifs is 1. The molecule has 2 amide bonds. The first-order valence-corrected chi connectivity index (χ1v) is 10.1. The number of hydrogen-bond donors (Lipinski definition) is 1. The summed E-state index contributed by atoms with van der Waals surface area (Å²) in [5.74, 6) is 1.01. The first-order valence-electron chi connectivity index (χ1n) is 10.1. The fraction of sp³-hybridized carbons (Fsp3) is 0.200. The van der Waals surface area contributed by atoms with Gasteiger partial charge in [-0.2, -0.15) is 0 Å². The zero-order valence-electron chi connectivity index (χ0n) is 17.6. The normalized spacial score (nSPS) is 12.3. The number of carbonyl (C=O) groups excluding carboxylic acids is 2. The van der Waals surface area contributed by atoms with Crippen molar-refractivity contribution >= 4 is 23.2 Å². The van der Waals surface area contributed by atoms with Crippen LogP contribution in [0.4, 0.5) is 11.4 Å². The Labute approximate surface area is 181 Å². The van der Waals surface area contributed by atoms with Gasteiger partial charge in [-0.15, -0.1) is 0 Å². The molecule has 0 fully saturated rings. The second-order valence-electron chi connectivity index (χ2n) is 7.33. The molecule has 0 spiro atoms. The Morgan fingerprint density at radius 2 is 1.68 bits per heavy atom. The van der Waals surface area contributed by atoms with Crippen LogP contribution >= 0.6 is 0 Å². The van der Waals surface area contributed by atoms with Gasteiger partial charge in [0.05, 0.1) is 20.6 Å². The number of benzene rings is 3. The molecule has 6 heteroatoms. The molecular formula is C25H24N2O4. The van der Waals surface area contributed by atoms with Crippen molar-refractivity contribution in [3.05, 3.63) is 83.4 Å². The van der Waals surface area contributed by atoms with Gasteiger partial charge in [0.2, 0.25) is 5.91 Å². The Hall–Kier alpha value is -3.80. The first kappa shape index (κ1) is 20.5. The highest BCUT2D eigenvalue weighted by Crippen LogP contribution is 2.29. The van der Waals surface area contributed by atoms with Gasteiger partial charge in [0.25, 0.3) is 5.91 Å². The lowest BCUT2D eigenvalue weighted by Gasteiger charge is -2.17. The molecule has 3 aromatic carbocycles. The summed E-state index contributed by atoms with van der Waals surface area (Å²) >= 11 is 0. The van der Waals surface area contributed by atoms with E-state index in [0.717, 1.165) is 17.7 Å². The van der Waals surface area contributed by atoms with Crippen molar-refractivity contribution in [3.63, 3.8) is 0 Å². The van der Waals surface area contributed by atoms with Gasteiger partial charge in [0.1, 0.15) is 0 Å². The number of ether oxygens (including phenoxy) is 2. The Bertz CT molecular complexity index is 1110. The molecule has 1 N–H and O–H groups in total. The van der Waals surface area contributed by atoms with Crippen molar-refractivity contribution in [2.45, 2.75) is 12.8 Å². The fourth-order valence-electron chi connectivity index (χ4n) is 3.78. The zero-order chi connectivity index (χ0) is 21.8. The smallest absolute Gasteiger partial charge is 0.258 e. The number of anilines is 2. The van der Waals surface area contributed by atoms with Crippen LogP contribution in [-0.4, -0.2) is 32.6 Å². The van der Waals surface area contributed by atoms with Gasteiger partial charge in [0.15, 0.2) is 11.5 Å². The van der Waals surface area contributed by atoms with Crippen LogP contribution in [0.3, 0.4) is 0 Å². The Morgan fingerprint density at radius 3 is 2.42 bits per heavy atom. The van der Waals surface area contributed by atoms with Gasteiger partial charge in [-0.1, -0.05) is 24.3 Å². The summed E-state index contributed by atoms with van der Waals surface area (Å²) in [7, 11) is 3.13. The lowest BCUT2D eigenvalue weighted by atomic mass is 10.1. The van der Waals surface area contributed by atoms with Crippen LogP contribution in [0.15, 0.2) is 66.7 Å². The molecule has 3 aromatic rings. The molecule has 158 valence electrons. The van der Waals surface area contributed by atoms with Crippen molar-refractivity contribution < 1.29 is 19.1 Å². The molecule has 0 atom stereocenters. The van der Waals surface area contributed by atoms with Gasteiger partial charge >= 0.3 is 0 Å². The van der Waals surface area contributed by atoms with Crippen molar-refractivity contribution in [1.29, 1.82) is 0 Å². The minimum atomic E-state index is -0.153. The van der Waals surface area contributed by atoms with Crippen LogP contribution in [0, 0.1) is 0 Å². The van der Waals surface area contributed by atoms with E-state index in [1.807, 2.05) is 24.3 Å². The van der Waals surface area contributed by atoms with Crippen molar-refractivity contribution in [2.24, 2.45) is 0 Å². The third-order valence-corrected chi connectivity index (χ3v) is 5.36. The molecule has 0 saturated heterocycles. The molecule has 31 heavy (non-hydrogen) atoms. The maximum atomic E-state index is 12.9. The number of methoxy groups -OCH3 is 2. The highest BCUT2D eigenvalue weighted by atomic mass is 16.5. The summed E-state index contributed by atoms with van der Waals surface area (Å²) < 4.78 is 10.5. The standard InChI is InChI=1S/C25H24N2O4/c1-30-22-12-7-17(15-23(22)31-2)16-24(28)26-20-10-8-19(9-11-20)25(29)27-14-13-18-5-3-4-6-21(18)27/h3-12,15H,13-14,16H2,1-2H3,(H,26,28). The van der Waals surface area contributed by atoms with Gasteiger partial charge in [-0.25, -0.2) is 0 Å². The second kappa shape index (κ2) is 8.92. The minimum Gasteiger partial charge on any atom is -0.493 e. The van der Waals surface area contributed by atoms with Crippen molar-refractivity contribution in [2.75, 3.05) is 31.0 Å². The molecule has 0 bridgehead atoms. The number of nitrogens with zero attached hydrogens (tertiary/aromatic N) is 1. The van der Waals surface area contributed by atoms with E-state index < -0.39 is 0 Å². The predicted octanol–water partition coefficient (Wildman–Crippen LogP) is 4.09. The molecular weight excluding hydrogens is 392 g/mol. The zero-order valence-corrected chi connectivity index (χ0v) is 17.6. The molecule has 0 unspecified atom stereocenters. The third-order valence-electron chi connectivity index (χ3n) is 5.36. The summed E-state index contributed by atoms with van der Waals surface area (Å²) in [5, 5.41) is 2.87. The van der Waals surface area contributed by atoms with E-state index in [4.69, 9.17) is 9.47 Å². The van der Waals surface area contributed by atoms with Crippen LogP contribution in [-0.2, 0) is 17.6 Å². The predicted molar refractivity (Wildman–Crippen MR) is 120 cm³/mol. The lowest BCUT2D eigenvalue weighted by molar-refractivity contribution is -0.115. The number of amides is 2. The van der Waals surface area contributed by atoms with Gasteiger partial charge in [-0.3, -0.25) is 9.59 Å². The molecule has 6 nitrogen and oxygen atoms in total. The molecule has 0 radical (unpaired) electrons. The van der Waals surface area contributed by atoms with Gasteiger partial charge < -0.3 is 19.7 Å². The summed E-state index contributed by atoms with van der Waals surface area (Å²) in [5.41, 5.74) is 4.21. The maximum Gasteiger partial charge on any atom is 0.258 e. The van der Waals surface area contributed by atoms with Crippen LogP contribution in [0.2, 0.25) is 0 Å². The minimum absolute atomic E-state index is 0.0341. The molecule has 1 aliphatic rings. The monoisotopic (exact) mass is 416 g/mol. The topological polar surface area (TPSA) is 67.9 Å². The summed E-state index contributed by atoms with van der Waals surface area (Å²) in [6.07, 6.45) is 1.07. The average molecular weight is 416 g/mol. The number of rotatable bonds is 6. The molecule has 1 heterocycles. The fourth-order valence-corrected chi connectivity index (χ4v) is 3.78. The molecule has 0 aromatic heterocycles. The summed E-state index contributed by atoms with van der Waals surface area (Å²) in [6, 6.07) is 20.4. The van der Waals surface area contributed by atoms with Crippen molar-refractivity contribution in [1.82, 2.24) is 0 Å². The van der Waals surface area contributed by atoms with E-state index in [1.165, 1.54) is 5.56 Å². The molecule has 1 aliphatic heterocycles. The highest BCUT2D eigenvalue weighted by molar-refractivity contribution is 6.07. The third kappa shape index (κ3) is 4.38. The van der Waals surface area contributed by atoms with E-state index in [0.29, 0.717) is 29.3 Å². The SMILES string of the molecule is COc1ccc(CC(=O)Nc2ccc(C(=O)N3CCc4ccccc43)cc2)cc1OC. The first-order chi connectivity index (χ1) is 15.1. The largest absolute Gasteiger partial charge is 0.493 e. The lowest BCUT2D eigenvalue weighted by Crippen LogP contribution is -2.28. The Balaban J connectivity index is 1.40. The van der Waals surface area contributed by atoms with Crippen LogP contribution < -0.4 is 19.7 Å². The second-order valence-corrected chi connectivity index (χ2v) is 7.33. The van der Waals surface area contributed by atoms with Gasteiger partial charge in [0, 0.05) is 23.5 Å². The van der Waals surface area contributed by atoms with E-state index in [-0.39, 0.29) is 18.2 Å². The number of carbonyl (C=O) groups is 2. The van der Waals surface area contributed by atoms with E-state index in [1.54, 1.807) is 55.5 Å². The summed E-state index contributed by atoms with van der Waals surface area (Å²) in [4.78, 5) is 27.2. The van der Waals surface area contributed by atoms with Crippen molar-refractivity contribution in [3.8, 4) is 11.5 Å². The number of para-hydroxylation sites is 1. The van der Waals surface area contributed by atoms with Crippen LogP contribution in [0.5, 0.6) is 11.5 Å². The van der Waals surface area contributed by atoms with Gasteiger partial charge in [-0.05, 0) is 60.0 Å². The van der Waals surface area contributed by atoms with Crippen LogP contribution in [0.25, 0.3) is 0 Å². The highest BCUT2D eigenvalue weighted by Gasteiger charge is 2.25. The number of hydrogen-bond acceptors (Lipinski definition) is 4. The Kier molecular flexibility index (Phi) is 5.89. The molecule has 0 saturated carbocycles.